The second-order valence-electron chi connectivity index (χ2n) is 9.27. The molecule has 0 saturated carbocycles. The highest BCUT2D eigenvalue weighted by atomic mass is 16.3. The number of amides is 1. The SMILES string of the molecule is Cc1cccc(-c2ccc([C@H]3[C@H]4CN(C(=O)c5cccnc5)CCCCN4[C@H]3CO)cc2)c1. The Morgan fingerprint density at radius 1 is 1.03 bits per heavy atom. The Balaban J connectivity index is 1.39. The Bertz CT molecular complexity index is 1100. The molecule has 2 aliphatic heterocycles. The van der Waals surface area contributed by atoms with Gasteiger partial charge in [0.15, 0.2) is 0 Å². The number of aliphatic hydroxyl groups excluding tert-OH is 1. The van der Waals surface area contributed by atoms with Crippen LogP contribution in [0.15, 0.2) is 73.1 Å². The highest BCUT2D eigenvalue weighted by Gasteiger charge is 2.49. The Labute approximate surface area is 195 Å². The van der Waals surface area contributed by atoms with Gasteiger partial charge in [-0.05, 0) is 55.1 Å². The third-order valence-electron chi connectivity index (χ3n) is 7.21. The Morgan fingerprint density at radius 3 is 2.58 bits per heavy atom. The Morgan fingerprint density at radius 2 is 1.85 bits per heavy atom. The van der Waals surface area contributed by atoms with Gasteiger partial charge >= 0.3 is 0 Å². The second-order valence-corrected chi connectivity index (χ2v) is 9.27. The second kappa shape index (κ2) is 9.46. The van der Waals surface area contributed by atoms with Crippen molar-refractivity contribution in [2.24, 2.45) is 0 Å². The van der Waals surface area contributed by atoms with E-state index in [-0.39, 0.29) is 30.5 Å². The molecule has 3 aromatic rings. The van der Waals surface area contributed by atoms with Gasteiger partial charge in [-0.25, -0.2) is 0 Å². The molecule has 5 heteroatoms. The van der Waals surface area contributed by atoms with Gasteiger partial charge in [-0.15, -0.1) is 0 Å². The molecular weight excluding hydrogens is 410 g/mol. The van der Waals surface area contributed by atoms with Crippen LogP contribution in [0.5, 0.6) is 0 Å². The maximum atomic E-state index is 13.2. The minimum atomic E-state index is 0.0472. The van der Waals surface area contributed by atoms with Crippen molar-refractivity contribution in [2.45, 2.75) is 37.8 Å². The van der Waals surface area contributed by atoms with Crippen LogP contribution in [0.4, 0.5) is 0 Å². The first-order chi connectivity index (χ1) is 16.2. The van der Waals surface area contributed by atoms with Crippen LogP contribution in [-0.4, -0.2) is 64.1 Å². The minimum absolute atomic E-state index is 0.0472. The summed E-state index contributed by atoms with van der Waals surface area (Å²) in [5, 5.41) is 10.2. The van der Waals surface area contributed by atoms with Gasteiger partial charge < -0.3 is 10.0 Å². The van der Waals surface area contributed by atoms with Gasteiger partial charge in [0, 0.05) is 43.5 Å². The van der Waals surface area contributed by atoms with E-state index in [0.29, 0.717) is 12.1 Å². The van der Waals surface area contributed by atoms with E-state index in [2.05, 4.69) is 65.3 Å². The molecule has 0 aliphatic carbocycles. The number of carbonyl (C=O) groups is 1. The summed E-state index contributed by atoms with van der Waals surface area (Å²) < 4.78 is 0. The van der Waals surface area contributed by atoms with Gasteiger partial charge in [0.25, 0.3) is 5.91 Å². The molecule has 5 nitrogen and oxygen atoms in total. The molecule has 1 N–H and O–H groups in total. The fourth-order valence-corrected chi connectivity index (χ4v) is 5.52. The molecule has 33 heavy (non-hydrogen) atoms. The number of aryl methyl sites for hydroxylation is 1. The number of fused-ring (bicyclic) bond motifs is 1. The van der Waals surface area contributed by atoms with Crippen molar-refractivity contribution in [1.29, 1.82) is 0 Å². The van der Waals surface area contributed by atoms with E-state index in [1.165, 1.54) is 22.3 Å². The summed E-state index contributed by atoms with van der Waals surface area (Å²) in [5.74, 6) is 0.259. The van der Waals surface area contributed by atoms with E-state index < -0.39 is 0 Å². The number of benzene rings is 2. The number of pyridine rings is 1. The van der Waals surface area contributed by atoms with Crippen LogP contribution in [0, 0.1) is 6.92 Å². The number of aliphatic hydroxyl groups is 1. The molecule has 2 fully saturated rings. The zero-order valence-electron chi connectivity index (χ0n) is 19.1. The molecule has 0 bridgehead atoms. The standard InChI is InChI=1S/C28H31N3O2/c1-20-6-4-7-23(16-20)21-9-11-22(12-10-21)27-25-18-30(28(33)24-8-5-13-29-17-24)14-2-3-15-31(25)26(27)19-32/h4-13,16-17,25-27,32H,2-3,14-15,18-19H2,1H3/t25-,26+,27+/m1/s1. The lowest BCUT2D eigenvalue weighted by atomic mass is 9.74. The first-order valence-electron chi connectivity index (χ1n) is 11.9. The van der Waals surface area contributed by atoms with Gasteiger partial charge in [0.1, 0.15) is 0 Å². The quantitative estimate of drug-likeness (QED) is 0.662. The first-order valence-corrected chi connectivity index (χ1v) is 11.9. The Kier molecular flexibility index (Phi) is 6.25. The van der Waals surface area contributed by atoms with Gasteiger partial charge in [0.2, 0.25) is 0 Å². The van der Waals surface area contributed by atoms with E-state index in [1.54, 1.807) is 12.4 Å². The van der Waals surface area contributed by atoms with E-state index in [9.17, 15) is 9.90 Å². The molecular formula is C28H31N3O2. The fourth-order valence-electron chi connectivity index (χ4n) is 5.52. The lowest BCUT2D eigenvalue weighted by Crippen LogP contribution is -2.67. The molecule has 0 radical (unpaired) electrons. The zero-order valence-corrected chi connectivity index (χ0v) is 19.1. The topological polar surface area (TPSA) is 56.7 Å². The van der Waals surface area contributed by atoms with Crippen molar-refractivity contribution < 1.29 is 9.90 Å². The molecule has 170 valence electrons. The number of rotatable bonds is 4. The van der Waals surface area contributed by atoms with Crippen molar-refractivity contribution in [1.82, 2.24) is 14.8 Å². The van der Waals surface area contributed by atoms with E-state index in [1.807, 2.05) is 17.0 Å². The smallest absolute Gasteiger partial charge is 0.255 e. The molecule has 2 aliphatic rings. The minimum Gasteiger partial charge on any atom is -0.395 e. The number of hydrogen-bond acceptors (Lipinski definition) is 4. The van der Waals surface area contributed by atoms with Crippen LogP contribution in [0.2, 0.25) is 0 Å². The first kappa shape index (κ1) is 21.8. The zero-order chi connectivity index (χ0) is 22.8. The molecule has 1 amide bonds. The van der Waals surface area contributed by atoms with Gasteiger partial charge in [-0.3, -0.25) is 14.7 Å². The van der Waals surface area contributed by atoms with Gasteiger partial charge in [0.05, 0.1) is 12.2 Å². The summed E-state index contributed by atoms with van der Waals surface area (Å²) in [4.78, 5) is 21.7. The third-order valence-corrected chi connectivity index (χ3v) is 7.21. The summed E-state index contributed by atoms with van der Waals surface area (Å²) in [6.07, 6.45) is 5.35. The number of hydrogen-bond donors (Lipinski definition) is 1. The molecule has 3 atom stereocenters. The monoisotopic (exact) mass is 441 g/mol. The highest BCUT2D eigenvalue weighted by Crippen LogP contribution is 2.42. The predicted octanol–water partition coefficient (Wildman–Crippen LogP) is 4.12. The summed E-state index contributed by atoms with van der Waals surface area (Å²) >= 11 is 0. The fraction of sp³-hybridized carbons (Fsp3) is 0.357. The van der Waals surface area contributed by atoms with Crippen molar-refractivity contribution in [3.05, 3.63) is 89.7 Å². The lowest BCUT2D eigenvalue weighted by Gasteiger charge is -2.57. The molecule has 2 saturated heterocycles. The van der Waals surface area contributed by atoms with Crippen molar-refractivity contribution in [3.63, 3.8) is 0 Å². The van der Waals surface area contributed by atoms with Gasteiger partial charge in [-0.2, -0.15) is 0 Å². The predicted molar refractivity (Wildman–Crippen MR) is 130 cm³/mol. The molecule has 3 heterocycles. The summed E-state index contributed by atoms with van der Waals surface area (Å²) in [6, 6.07) is 21.3. The number of nitrogens with zero attached hydrogens (tertiary/aromatic N) is 3. The van der Waals surface area contributed by atoms with E-state index in [4.69, 9.17) is 0 Å². The maximum Gasteiger partial charge on any atom is 0.255 e. The summed E-state index contributed by atoms with van der Waals surface area (Å²) in [7, 11) is 0. The average Bonchev–Trinajstić information content (AvgIpc) is 2.83. The maximum absolute atomic E-state index is 13.2. The van der Waals surface area contributed by atoms with Crippen LogP contribution < -0.4 is 0 Å². The molecule has 2 aromatic carbocycles. The third kappa shape index (κ3) is 4.31. The van der Waals surface area contributed by atoms with Gasteiger partial charge in [-0.1, -0.05) is 54.1 Å². The number of carbonyl (C=O) groups excluding carboxylic acids is 1. The lowest BCUT2D eigenvalue weighted by molar-refractivity contribution is -0.0606. The highest BCUT2D eigenvalue weighted by molar-refractivity contribution is 5.93. The Hall–Kier alpha value is -3.02. The normalized spacial score (nSPS) is 23.2. The molecule has 1 aromatic heterocycles. The largest absolute Gasteiger partial charge is 0.395 e. The van der Waals surface area contributed by atoms with Crippen molar-refractivity contribution in [3.8, 4) is 11.1 Å². The van der Waals surface area contributed by atoms with Crippen LogP contribution in [-0.2, 0) is 0 Å². The summed E-state index contributed by atoms with van der Waals surface area (Å²) in [6.45, 7) is 4.66. The van der Waals surface area contributed by atoms with E-state index >= 15 is 0 Å². The number of aromatic nitrogens is 1. The molecule has 5 rings (SSSR count). The summed E-state index contributed by atoms with van der Waals surface area (Å²) in [5.41, 5.74) is 5.54. The van der Waals surface area contributed by atoms with Crippen LogP contribution >= 0.6 is 0 Å². The molecule has 0 spiro atoms. The average molecular weight is 442 g/mol. The van der Waals surface area contributed by atoms with Crippen LogP contribution in [0.25, 0.3) is 11.1 Å². The van der Waals surface area contributed by atoms with Crippen LogP contribution in [0.3, 0.4) is 0 Å². The molecule has 0 unspecified atom stereocenters. The van der Waals surface area contributed by atoms with Crippen molar-refractivity contribution >= 4 is 5.91 Å². The van der Waals surface area contributed by atoms with Crippen LogP contribution in [0.1, 0.15) is 40.2 Å². The van der Waals surface area contributed by atoms with E-state index in [0.717, 1.165) is 25.9 Å². The van der Waals surface area contributed by atoms with Crippen molar-refractivity contribution in [2.75, 3.05) is 26.2 Å².